The summed E-state index contributed by atoms with van der Waals surface area (Å²) in [4.78, 5) is 2.12. The Labute approximate surface area is 89.9 Å². The zero-order valence-electron chi connectivity index (χ0n) is 10.6. The van der Waals surface area contributed by atoms with Gasteiger partial charge in [0.2, 0.25) is 0 Å². The van der Waals surface area contributed by atoms with Gasteiger partial charge in [0.25, 0.3) is 0 Å². The minimum Gasteiger partial charge on any atom is -0.296 e. The van der Waals surface area contributed by atoms with E-state index in [0.717, 1.165) is 6.42 Å². The lowest BCUT2D eigenvalue weighted by Gasteiger charge is -2.27. The number of rotatable bonds is 4. The van der Waals surface area contributed by atoms with Crippen LogP contribution in [0.1, 0.15) is 40.5 Å². The molecule has 0 aromatic heterocycles. The molecule has 0 saturated carbocycles. The van der Waals surface area contributed by atoms with Gasteiger partial charge in [0.15, 0.2) is 0 Å². The molecule has 0 heterocycles. The van der Waals surface area contributed by atoms with Gasteiger partial charge in [-0.15, -0.1) is 6.42 Å². The lowest BCUT2D eigenvalue weighted by molar-refractivity contribution is 0.246. The first-order valence-electron chi connectivity index (χ1n) is 5.39. The summed E-state index contributed by atoms with van der Waals surface area (Å²) < 4.78 is 0. The molecule has 0 aliphatic carbocycles. The van der Waals surface area contributed by atoms with Gasteiger partial charge in [-0.1, -0.05) is 33.6 Å². The molecule has 0 unspecified atom stereocenters. The van der Waals surface area contributed by atoms with E-state index in [1.165, 1.54) is 6.42 Å². The summed E-state index contributed by atoms with van der Waals surface area (Å²) in [5.74, 6) is 3.54. The molecular formula is C13H25N. The van der Waals surface area contributed by atoms with Crippen molar-refractivity contribution in [3.8, 4) is 12.3 Å². The van der Waals surface area contributed by atoms with Crippen LogP contribution in [0.25, 0.3) is 0 Å². The molecule has 0 spiro atoms. The van der Waals surface area contributed by atoms with E-state index in [9.17, 15) is 0 Å². The third-order valence-corrected chi connectivity index (χ3v) is 2.40. The van der Waals surface area contributed by atoms with Crippen LogP contribution < -0.4 is 0 Å². The molecule has 0 aliphatic heterocycles. The molecule has 0 saturated heterocycles. The van der Waals surface area contributed by atoms with Gasteiger partial charge in [0.1, 0.15) is 0 Å². The average Bonchev–Trinajstić information content (AvgIpc) is 1.96. The van der Waals surface area contributed by atoms with E-state index in [1.807, 2.05) is 14.1 Å². The molecule has 0 radical (unpaired) electrons. The van der Waals surface area contributed by atoms with Gasteiger partial charge < -0.3 is 0 Å². The minimum absolute atomic E-state index is 0.285. The third kappa shape index (κ3) is 6.05. The van der Waals surface area contributed by atoms with Crippen molar-refractivity contribution in [2.45, 2.75) is 46.6 Å². The Morgan fingerprint density at radius 3 is 2.07 bits per heavy atom. The van der Waals surface area contributed by atoms with Crippen LogP contribution in [0.2, 0.25) is 0 Å². The fourth-order valence-corrected chi connectivity index (χ4v) is 1.94. The van der Waals surface area contributed by atoms with Crippen LogP contribution in [-0.4, -0.2) is 25.0 Å². The zero-order valence-corrected chi connectivity index (χ0v) is 10.6. The standard InChI is InChI=1S/C13H25N/c1-8-12(14(6)7)9-11(2)10-13(3,4)5/h1,11-12H,9-10H2,2-7H3/t11-,12-/m0/s1. The van der Waals surface area contributed by atoms with Crippen molar-refractivity contribution >= 4 is 0 Å². The van der Waals surface area contributed by atoms with Gasteiger partial charge in [-0.2, -0.15) is 0 Å². The average molecular weight is 195 g/mol. The number of hydrogen-bond acceptors (Lipinski definition) is 1. The van der Waals surface area contributed by atoms with E-state index in [0.29, 0.717) is 11.3 Å². The molecule has 0 rings (SSSR count). The Bertz CT molecular complexity index is 192. The molecule has 2 atom stereocenters. The zero-order chi connectivity index (χ0) is 11.4. The summed E-state index contributed by atoms with van der Waals surface area (Å²) in [5, 5.41) is 0. The van der Waals surface area contributed by atoms with Gasteiger partial charge in [-0.3, -0.25) is 4.90 Å². The molecule has 0 aromatic rings. The van der Waals surface area contributed by atoms with Gasteiger partial charge in [-0.25, -0.2) is 0 Å². The first-order valence-corrected chi connectivity index (χ1v) is 5.39. The van der Waals surface area contributed by atoms with Crippen LogP contribution in [-0.2, 0) is 0 Å². The molecule has 0 N–H and O–H groups in total. The Kier molecular flexibility index (Phi) is 5.23. The first-order chi connectivity index (χ1) is 6.26. The lowest BCUT2D eigenvalue weighted by atomic mass is 9.83. The maximum atomic E-state index is 5.49. The summed E-state index contributed by atoms with van der Waals surface area (Å²) in [6.07, 6.45) is 7.83. The predicted octanol–water partition coefficient (Wildman–Crippen LogP) is 3.01. The Morgan fingerprint density at radius 2 is 1.79 bits per heavy atom. The maximum Gasteiger partial charge on any atom is 0.0709 e. The summed E-state index contributed by atoms with van der Waals surface area (Å²) in [5.41, 5.74) is 0.408. The molecule has 1 heteroatoms. The molecule has 82 valence electrons. The van der Waals surface area contributed by atoms with Crippen molar-refractivity contribution in [1.82, 2.24) is 4.90 Å². The predicted molar refractivity (Wildman–Crippen MR) is 64.2 cm³/mol. The highest BCUT2D eigenvalue weighted by Gasteiger charge is 2.18. The van der Waals surface area contributed by atoms with Crippen molar-refractivity contribution in [2.75, 3.05) is 14.1 Å². The fraction of sp³-hybridized carbons (Fsp3) is 0.846. The first kappa shape index (κ1) is 13.5. The highest BCUT2D eigenvalue weighted by Crippen LogP contribution is 2.27. The fourth-order valence-electron chi connectivity index (χ4n) is 1.94. The van der Waals surface area contributed by atoms with Gasteiger partial charge in [0.05, 0.1) is 6.04 Å². The molecule has 0 bridgehead atoms. The van der Waals surface area contributed by atoms with Crippen molar-refractivity contribution < 1.29 is 0 Å². The van der Waals surface area contributed by atoms with Crippen molar-refractivity contribution in [2.24, 2.45) is 11.3 Å². The molecular weight excluding hydrogens is 170 g/mol. The van der Waals surface area contributed by atoms with Crippen molar-refractivity contribution in [3.05, 3.63) is 0 Å². The minimum atomic E-state index is 0.285. The van der Waals surface area contributed by atoms with Crippen LogP contribution in [0.15, 0.2) is 0 Å². The number of hydrogen-bond donors (Lipinski definition) is 0. The Balaban J connectivity index is 4.05. The highest BCUT2D eigenvalue weighted by atomic mass is 15.1. The molecule has 1 nitrogen and oxygen atoms in total. The largest absolute Gasteiger partial charge is 0.296 e. The summed E-state index contributed by atoms with van der Waals surface area (Å²) in [6.45, 7) is 9.14. The second-order valence-electron chi connectivity index (χ2n) is 5.75. The Hall–Kier alpha value is -0.480. The molecule has 0 fully saturated rings. The van der Waals surface area contributed by atoms with E-state index < -0.39 is 0 Å². The van der Waals surface area contributed by atoms with Gasteiger partial charge in [-0.05, 0) is 38.3 Å². The number of nitrogens with zero attached hydrogens (tertiary/aromatic N) is 1. The van der Waals surface area contributed by atoms with Crippen LogP contribution in [0, 0.1) is 23.7 Å². The van der Waals surface area contributed by atoms with Gasteiger partial charge >= 0.3 is 0 Å². The second kappa shape index (κ2) is 5.41. The quantitative estimate of drug-likeness (QED) is 0.623. The SMILES string of the molecule is C#C[C@@H](C[C@H](C)CC(C)(C)C)N(C)C. The van der Waals surface area contributed by atoms with Crippen molar-refractivity contribution in [3.63, 3.8) is 0 Å². The van der Waals surface area contributed by atoms with Crippen LogP contribution in [0.4, 0.5) is 0 Å². The van der Waals surface area contributed by atoms with Crippen LogP contribution >= 0.6 is 0 Å². The van der Waals surface area contributed by atoms with E-state index in [-0.39, 0.29) is 6.04 Å². The molecule has 0 aromatic carbocycles. The second-order valence-corrected chi connectivity index (χ2v) is 5.75. The van der Waals surface area contributed by atoms with E-state index in [2.05, 4.69) is 38.5 Å². The van der Waals surface area contributed by atoms with E-state index >= 15 is 0 Å². The van der Waals surface area contributed by atoms with Crippen molar-refractivity contribution in [1.29, 1.82) is 0 Å². The normalized spacial score (nSPS) is 16.4. The topological polar surface area (TPSA) is 3.24 Å². The lowest BCUT2D eigenvalue weighted by Crippen LogP contribution is -2.29. The smallest absolute Gasteiger partial charge is 0.0709 e. The molecule has 0 aliphatic rings. The monoisotopic (exact) mass is 195 g/mol. The maximum absolute atomic E-state index is 5.49. The molecule has 14 heavy (non-hydrogen) atoms. The molecule has 0 amide bonds. The Morgan fingerprint density at radius 1 is 1.29 bits per heavy atom. The summed E-state index contributed by atoms with van der Waals surface area (Å²) in [7, 11) is 4.10. The van der Waals surface area contributed by atoms with Crippen LogP contribution in [0.5, 0.6) is 0 Å². The number of terminal acetylenes is 1. The highest BCUT2D eigenvalue weighted by molar-refractivity contribution is 4.99. The van der Waals surface area contributed by atoms with E-state index in [4.69, 9.17) is 6.42 Å². The van der Waals surface area contributed by atoms with Gasteiger partial charge in [0, 0.05) is 0 Å². The third-order valence-electron chi connectivity index (χ3n) is 2.40. The van der Waals surface area contributed by atoms with Crippen LogP contribution in [0.3, 0.4) is 0 Å². The van der Waals surface area contributed by atoms with E-state index in [1.54, 1.807) is 0 Å². The summed E-state index contributed by atoms with van der Waals surface area (Å²) in [6, 6.07) is 0.285. The summed E-state index contributed by atoms with van der Waals surface area (Å²) >= 11 is 0.